The number of nitrogens with zero attached hydrogens (tertiary/aromatic N) is 4. The Morgan fingerprint density at radius 1 is 1.07 bits per heavy atom. The van der Waals surface area contributed by atoms with Gasteiger partial charge in [-0.05, 0) is 42.8 Å². The molecule has 242 valence electrons. The number of halogens is 5. The van der Waals surface area contributed by atoms with Gasteiger partial charge in [0.2, 0.25) is 5.95 Å². The van der Waals surface area contributed by atoms with Crippen LogP contribution in [0.2, 0.25) is 0 Å². The minimum atomic E-state index is -5.28. The first kappa shape index (κ1) is 32.4. The number of fused-ring (bicyclic) bond motifs is 1. The maximum absolute atomic E-state index is 15.0. The van der Waals surface area contributed by atoms with Gasteiger partial charge in [0.15, 0.2) is 5.65 Å². The number of para-hydroxylation sites is 1. The fourth-order valence-electron chi connectivity index (χ4n) is 4.84. The third-order valence-electron chi connectivity index (χ3n) is 7.15. The first-order valence-electron chi connectivity index (χ1n) is 13.9. The maximum Gasteiger partial charge on any atom is 0.490 e. The van der Waals surface area contributed by atoms with Crippen molar-refractivity contribution >= 4 is 28.9 Å². The second-order valence-corrected chi connectivity index (χ2v) is 10.3. The molecule has 5 rings (SSSR count). The van der Waals surface area contributed by atoms with Crippen molar-refractivity contribution in [2.45, 2.75) is 19.1 Å². The van der Waals surface area contributed by atoms with E-state index in [4.69, 9.17) is 4.74 Å². The van der Waals surface area contributed by atoms with Gasteiger partial charge in [0.1, 0.15) is 23.9 Å². The number of benzene rings is 2. The molecule has 1 saturated heterocycles. The van der Waals surface area contributed by atoms with Crippen LogP contribution in [0.15, 0.2) is 53.3 Å². The highest BCUT2D eigenvalue weighted by Crippen LogP contribution is 2.32. The molecule has 0 bridgehead atoms. The van der Waals surface area contributed by atoms with Gasteiger partial charge in [-0.15, -0.1) is 0 Å². The lowest BCUT2D eigenvalue weighted by Crippen LogP contribution is -2.40. The maximum atomic E-state index is 15.0. The van der Waals surface area contributed by atoms with Gasteiger partial charge in [0.05, 0.1) is 31.6 Å². The van der Waals surface area contributed by atoms with Gasteiger partial charge in [0.25, 0.3) is 11.5 Å². The van der Waals surface area contributed by atoms with Crippen LogP contribution in [0, 0.1) is 18.6 Å². The zero-order chi connectivity index (χ0) is 33.2. The quantitative estimate of drug-likeness (QED) is 0.218. The molecule has 0 spiro atoms. The van der Waals surface area contributed by atoms with Crippen LogP contribution in [-0.4, -0.2) is 88.2 Å². The molecule has 11 nitrogen and oxygen atoms in total. The van der Waals surface area contributed by atoms with Crippen LogP contribution in [-0.2, 0) is 14.3 Å². The molecule has 2 N–H and O–H groups in total. The number of pyridine rings is 1. The summed E-state index contributed by atoms with van der Waals surface area (Å²) >= 11 is 0. The average Bonchev–Trinajstić information content (AvgIpc) is 3.03. The number of ether oxygens (including phenoxy) is 2. The summed E-state index contributed by atoms with van der Waals surface area (Å²) in [5.74, 6) is -5.37. The van der Waals surface area contributed by atoms with E-state index in [1.54, 1.807) is 30.0 Å². The second-order valence-electron chi connectivity index (χ2n) is 10.3. The number of alkyl halides is 3. The summed E-state index contributed by atoms with van der Waals surface area (Å²) in [7, 11) is 0. The van der Waals surface area contributed by atoms with E-state index < -0.39 is 60.2 Å². The Balaban J connectivity index is 1.69. The Morgan fingerprint density at radius 3 is 2.41 bits per heavy atom. The summed E-state index contributed by atoms with van der Waals surface area (Å²) in [6.45, 7) is 1.36. The van der Waals surface area contributed by atoms with Gasteiger partial charge in [0, 0.05) is 35.7 Å². The summed E-state index contributed by atoms with van der Waals surface area (Å²) in [6.07, 6.45) is -5.28. The lowest BCUT2D eigenvalue weighted by molar-refractivity contribution is -0.200. The largest absolute Gasteiger partial charge is 0.490 e. The number of amides is 1. The molecule has 1 fully saturated rings. The molecule has 0 saturated carbocycles. The van der Waals surface area contributed by atoms with Gasteiger partial charge in [-0.3, -0.25) is 14.2 Å². The summed E-state index contributed by atoms with van der Waals surface area (Å²) in [6, 6.07) is 8.80. The van der Waals surface area contributed by atoms with Gasteiger partial charge in [-0.25, -0.2) is 18.6 Å². The van der Waals surface area contributed by atoms with Crippen molar-refractivity contribution in [1.29, 1.82) is 0 Å². The van der Waals surface area contributed by atoms with E-state index in [9.17, 15) is 32.7 Å². The fourth-order valence-corrected chi connectivity index (χ4v) is 4.84. The van der Waals surface area contributed by atoms with Crippen molar-refractivity contribution in [1.82, 2.24) is 19.4 Å². The van der Waals surface area contributed by atoms with Gasteiger partial charge in [-0.2, -0.15) is 18.2 Å². The summed E-state index contributed by atoms with van der Waals surface area (Å²) in [4.78, 5) is 48.0. The molecule has 2 aromatic heterocycles. The number of nitrogens with one attached hydrogen (secondary N) is 1. The van der Waals surface area contributed by atoms with E-state index in [1.807, 2.05) is 0 Å². The Hall–Kier alpha value is -4.96. The first-order valence-corrected chi connectivity index (χ1v) is 13.9. The number of hydrogen-bond acceptors (Lipinski definition) is 9. The Kier molecular flexibility index (Phi) is 9.29. The van der Waals surface area contributed by atoms with Crippen molar-refractivity contribution in [3.63, 3.8) is 0 Å². The van der Waals surface area contributed by atoms with Crippen molar-refractivity contribution in [2.75, 3.05) is 44.8 Å². The zero-order valence-electron chi connectivity index (χ0n) is 24.1. The van der Waals surface area contributed by atoms with E-state index >= 15 is 8.78 Å². The standard InChI is InChI=1S/C30H26F5N5O6/c1-16-5-6-17(27(43)39-9-11-45-12-10-39)13-20(16)24-19-7-8-23(42)40(25-21(31)3-2-4-22(25)32)26(19)38-29(37-24)36-18(14-41)15-46-28(44)30(33,34)35/h2-8,13,18,41H,9-12,14-15H2,1H3,(H,36,37,38). The molecule has 1 aliphatic heterocycles. The van der Waals surface area contributed by atoms with E-state index in [0.29, 0.717) is 42.0 Å². The van der Waals surface area contributed by atoms with Crippen molar-refractivity contribution in [2.24, 2.45) is 0 Å². The Labute approximate surface area is 257 Å². The number of hydrogen-bond donors (Lipinski definition) is 2. The fraction of sp³-hybridized carbons (Fsp3) is 0.300. The average molecular weight is 648 g/mol. The van der Waals surface area contributed by atoms with Gasteiger partial charge < -0.3 is 24.8 Å². The number of carbonyl (C=O) groups excluding carboxylic acids is 2. The van der Waals surface area contributed by atoms with Crippen LogP contribution in [0.5, 0.6) is 0 Å². The van der Waals surface area contributed by atoms with Gasteiger partial charge in [-0.1, -0.05) is 12.1 Å². The lowest BCUT2D eigenvalue weighted by atomic mass is 9.99. The first-order chi connectivity index (χ1) is 21.9. The second kappa shape index (κ2) is 13.2. The molecule has 4 aromatic rings. The van der Waals surface area contributed by atoms with Crippen molar-refractivity contribution in [3.8, 4) is 16.9 Å². The van der Waals surface area contributed by atoms with Crippen LogP contribution in [0.25, 0.3) is 28.0 Å². The molecule has 1 amide bonds. The van der Waals surface area contributed by atoms with E-state index in [2.05, 4.69) is 20.0 Å². The van der Waals surface area contributed by atoms with E-state index in [1.165, 1.54) is 6.07 Å². The molecule has 16 heteroatoms. The van der Waals surface area contributed by atoms with E-state index in [0.717, 1.165) is 24.3 Å². The molecular formula is C30H26F5N5O6. The van der Waals surface area contributed by atoms with Crippen LogP contribution in [0.1, 0.15) is 15.9 Å². The monoisotopic (exact) mass is 647 g/mol. The predicted molar refractivity (Wildman–Crippen MR) is 153 cm³/mol. The minimum absolute atomic E-state index is 0.0797. The smallest absolute Gasteiger partial charge is 0.457 e. The summed E-state index contributed by atoms with van der Waals surface area (Å²) < 4.78 is 78.3. The number of aryl methyl sites for hydroxylation is 1. The molecule has 0 radical (unpaired) electrons. The number of esters is 1. The zero-order valence-corrected chi connectivity index (χ0v) is 24.1. The van der Waals surface area contributed by atoms with E-state index in [-0.39, 0.29) is 28.2 Å². The number of morpholine rings is 1. The molecule has 46 heavy (non-hydrogen) atoms. The van der Waals surface area contributed by atoms with Crippen LogP contribution < -0.4 is 10.9 Å². The van der Waals surface area contributed by atoms with Crippen LogP contribution >= 0.6 is 0 Å². The minimum Gasteiger partial charge on any atom is -0.457 e. The van der Waals surface area contributed by atoms with Crippen molar-refractivity contribution in [3.05, 3.63) is 81.6 Å². The highest BCUT2D eigenvalue weighted by Gasteiger charge is 2.41. The van der Waals surface area contributed by atoms with Crippen molar-refractivity contribution < 1.29 is 46.1 Å². The molecule has 1 atom stereocenters. The number of rotatable bonds is 8. The van der Waals surface area contributed by atoms with Crippen LogP contribution in [0.3, 0.4) is 0 Å². The third-order valence-corrected chi connectivity index (χ3v) is 7.15. The number of aliphatic hydroxyl groups is 1. The van der Waals surface area contributed by atoms with Crippen LogP contribution in [0.4, 0.5) is 27.9 Å². The molecule has 2 aromatic carbocycles. The molecule has 1 aliphatic rings. The Bertz CT molecular complexity index is 1840. The molecule has 0 aliphatic carbocycles. The SMILES string of the molecule is Cc1ccc(C(=O)N2CCOCC2)cc1-c1nc(NC(CO)COC(=O)C(F)(F)F)nc2c1ccc(=O)n2-c1c(F)cccc1F. The summed E-state index contributed by atoms with van der Waals surface area (Å²) in [5.41, 5.74) is -0.620. The highest BCUT2D eigenvalue weighted by molar-refractivity contribution is 5.98. The molecule has 3 heterocycles. The lowest BCUT2D eigenvalue weighted by Gasteiger charge is -2.27. The van der Waals surface area contributed by atoms with Gasteiger partial charge >= 0.3 is 12.1 Å². The highest BCUT2D eigenvalue weighted by atomic mass is 19.4. The topological polar surface area (TPSA) is 136 Å². The predicted octanol–water partition coefficient (Wildman–Crippen LogP) is 3.39. The number of anilines is 1. The molecular weight excluding hydrogens is 621 g/mol. The Morgan fingerprint density at radius 2 is 1.76 bits per heavy atom. The normalized spacial score (nSPS) is 14.3. The number of carbonyl (C=O) groups is 2. The number of aromatic nitrogens is 3. The number of aliphatic hydroxyl groups excluding tert-OH is 1. The third kappa shape index (κ3) is 6.67. The molecule has 1 unspecified atom stereocenters. The summed E-state index contributed by atoms with van der Waals surface area (Å²) in [5, 5.41) is 12.5.